The number of aromatic carboxylic acids is 1. The molecule has 1 rings (SSSR count). The molecule has 0 aliphatic carbocycles. The summed E-state index contributed by atoms with van der Waals surface area (Å²) in [5, 5.41) is 18.4. The lowest BCUT2D eigenvalue weighted by Crippen LogP contribution is -2.29. The van der Waals surface area contributed by atoms with Crippen molar-refractivity contribution in [2.75, 3.05) is 0 Å². The first kappa shape index (κ1) is 11.0. The number of guanidine groups is 1. The molecule has 0 heterocycles. The van der Waals surface area contributed by atoms with E-state index in [0.717, 1.165) is 5.56 Å². The molecular weight excluding hydrogens is 194 g/mol. The van der Waals surface area contributed by atoms with Crippen LogP contribution in [-0.2, 0) is 6.54 Å². The third kappa shape index (κ3) is 2.98. The Hall–Kier alpha value is -2.04. The van der Waals surface area contributed by atoms with Crippen LogP contribution in [0.1, 0.15) is 21.5 Å². The van der Waals surface area contributed by atoms with E-state index in [1.807, 2.05) is 0 Å². The highest BCUT2D eigenvalue weighted by Crippen LogP contribution is 2.10. The molecule has 0 radical (unpaired) electrons. The highest BCUT2D eigenvalue weighted by molar-refractivity contribution is 5.89. The Morgan fingerprint density at radius 1 is 1.60 bits per heavy atom. The van der Waals surface area contributed by atoms with Gasteiger partial charge in [-0.3, -0.25) is 5.41 Å². The fourth-order valence-corrected chi connectivity index (χ4v) is 1.27. The molecule has 0 amide bonds. The second kappa shape index (κ2) is 4.45. The van der Waals surface area contributed by atoms with Crippen LogP contribution < -0.4 is 11.1 Å². The first-order chi connectivity index (χ1) is 7.00. The number of hydrogen-bond acceptors (Lipinski definition) is 2. The third-order valence-corrected chi connectivity index (χ3v) is 2.00. The number of benzene rings is 1. The summed E-state index contributed by atoms with van der Waals surface area (Å²) in [6, 6.07) is 5.01. The molecule has 1 aromatic carbocycles. The summed E-state index contributed by atoms with van der Waals surface area (Å²) in [5.41, 5.74) is 7.02. The minimum Gasteiger partial charge on any atom is -0.478 e. The topological polar surface area (TPSA) is 99.2 Å². The summed E-state index contributed by atoms with van der Waals surface area (Å²) in [5.74, 6) is -1.03. The van der Waals surface area contributed by atoms with E-state index in [1.54, 1.807) is 25.1 Å². The molecule has 0 aliphatic rings. The van der Waals surface area contributed by atoms with Crippen molar-refractivity contribution in [2.24, 2.45) is 5.73 Å². The predicted molar refractivity (Wildman–Crippen MR) is 56.9 cm³/mol. The number of carboxylic acids is 1. The SMILES string of the molecule is Cc1cc(CNC(=N)N)ccc1C(=O)O. The Balaban J connectivity index is 2.82. The van der Waals surface area contributed by atoms with Gasteiger partial charge in [-0.15, -0.1) is 0 Å². The number of hydrogen-bond donors (Lipinski definition) is 4. The van der Waals surface area contributed by atoms with Gasteiger partial charge in [-0.2, -0.15) is 0 Å². The number of nitrogens with one attached hydrogen (secondary N) is 2. The molecular formula is C10H13N3O2. The first-order valence-electron chi connectivity index (χ1n) is 4.41. The smallest absolute Gasteiger partial charge is 0.335 e. The molecule has 0 aliphatic heterocycles. The van der Waals surface area contributed by atoms with Crippen molar-refractivity contribution in [2.45, 2.75) is 13.5 Å². The van der Waals surface area contributed by atoms with Gasteiger partial charge in [0.15, 0.2) is 5.96 Å². The van der Waals surface area contributed by atoms with Crippen molar-refractivity contribution >= 4 is 11.9 Å². The van der Waals surface area contributed by atoms with E-state index in [-0.39, 0.29) is 5.96 Å². The first-order valence-corrected chi connectivity index (χ1v) is 4.41. The standard InChI is InChI=1S/C10H13N3O2/c1-6-4-7(5-13-10(11)12)2-3-8(6)9(14)15/h2-4H,5H2,1H3,(H,14,15)(H4,11,12,13). The summed E-state index contributed by atoms with van der Waals surface area (Å²) in [4.78, 5) is 10.7. The van der Waals surface area contributed by atoms with Crippen molar-refractivity contribution in [1.82, 2.24) is 5.32 Å². The minimum absolute atomic E-state index is 0.102. The van der Waals surface area contributed by atoms with Gasteiger partial charge in [0, 0.05) is 6.54 Å². The number of carboxylic acid groups (broad SMARTS) is 1. The molecule has 0 fully saturated rings. The highest BCUT2D eigenvalue weighted by atomic mass is 16.4. The molecule has 5 nitrogen and oxygen atoms in total. The Kier molecular flexibility index (Phi) is 3.28. The molecule has 0 bridgehead atoms. The molecule has 5 heteroatoms. The van der Waals surface area contributed by atoms with E-state index in [4.69, 9.17) is 16.2 Å². The molecule has 0 aromatic heterocycles. The van der Waals surface area contributed by atoms with Crippen LogP contribution in [0, 0.1) is 12.3 Å². The lowest BCUT2D eigenvalue weighted by Gasteiger charge is -2.06. The van der Waals surface area contributed by atoms with Gasteiger partial charge in [0.25, 0.3) is 0 Å². The average Bonchev–Trinajstić information content (AvgIpc) is 2.14. The van der Waals surface area contributed by atoms with Gasteiger partial charge >= 0.3 is 5.97 Å². The quantitative estimate of drug-likeness (QED) is 0.432. The van der Waals surface area contributed by atoms with E-state index in [0.29, 0.717) is 17.7 Å². The monoisotopic (exact) mass is 207 g/mol. The van der Waals surface area contributed by atoms with E-state index < -0.39 is 5.97 Å². The Labute approximate surface area is 87.4 Å². The molecule has 0 atom stereocenters. The van der Waals surface area contributed by atoms with Crippen molar-refractivity contribution in [1.29, 1.82) is 5.41 Å². The Morgan fingerprint density at radius 3 is 2.73 bits per heavy atom. The zero-order valence-electron chi connectivity index (χ0n) is 8.37. The van der Waals surface area contributed by atoms with Crippen LogP contribution in [0.15, 0.2) is 18.2 Å². The van der Waals surface area contributed by atoms with E-state index in [1.165, 1.54) is 0 Å². The second-order valence-corrected chi connectivity index (χ2v) is 3.22. The van der Waals surface area contributed by atoms with Gasteiger partial charge < -0.3 is 16.2 Å². The maximum atomic E-state index is 10.7. The molecule has 0 spiro atoms. The summed E-state index contributed by atoms with van der Waals surface area (Å²) >= 11 is 0. The lowest BCUT2D eigenvalue weighted by atomic mass is 10.1. The number of carbonyl (C=O) groups is 1. The lowest BCUT2D eigenvalue weighted by molar-refractivity contribution is 0.0696. The van der Waals surface area contributed by atoms with Crippen LogP contribution in [0.5, 0.6) is 0 Å². The van der Waals surface area contributed by atoms with Gasteiger partial charge in [-0.25, -0.2) is 4.79 Å². The second-order valence-electron chi connectivity index (χ2n) is 3.22. The summed E-state index contributed by atoms with van der Waals surface area (Å²) in [6.07, 6.45) is 0. The summed E-state index contributed by atoms with van der Waals surface area (Å²) < 4.78 is 0. The van der Waals surface area contributed by atoms with Gasteiger partial charge in [0.05, 0.1) is 5.56 Å². The molecule has 15 heavy (non-hydrogen) atoms. The van der Waals surface area contributed by atoms with Crippen LogP contribution in [0.2, 0.25) is 0 Å². The van der Waals surface area contributed by atoms with Gasteiger partial charge in [0.1, 0.15) is 0 Å². The largest absolute Gasteiger partial charge is 0.478 e. The summed E-state index contributed by atoms with van der Waals surface area (Å²) in [7, 11) is 0. The fourth-order valence-electron chi connectivity index (χ4n) is 1.27. The number of aryl methyl sites for hydroxylation is 1. The van der Waals surface area contributed by atoms with Gasteiger partial charge in [0.2, 0.25) is 0 Å². The van der Waals surface area contributed by atoms with Crippen LogP contribution in [-0.4, -0.2) is 17.0 Å². The highest BCUT2D eigenvalue weighted by Gasteiger charge is 2.06. The molecule has 0 saturated heterocycles. The van der Waals surface area contributed by atoms with Gasteiger partial charge in [-0.1, -0.05) is 12.1 Å². The Bertz CT molecular complexity index is 402. The van der Waals surface area contributed by atoms with E-state index in [2.05, 4.69) is 5.32 Å². The van der Waals surface area contributed by atoms with Crippen LogP contribution in [0.3, 0.4) is 0 Å². The average molecular weight is 207 g/mol. The Morgan fingerprint density at radius 2 is 2.27 bits per heavy atom. The zero-order valence-corrected chi connectivity index (χ0v) is 8.37. The van der Waals surface area contributed by atoms with E-state index in [9.17, 15) is 4.79 Å². The van der Waals surface area contributed by atoms with Crippen LogP contribution in [0.4, 0.5) is 0 Å². The number of nitrogens with two attached hydrogens (primary N) is 1. The molecule has 1 aromatic rings. The maximum Gasteiger partial charge on any atom is 0.335 e. The van der Waals surface area contributed by atoms with Crippen molar-refractivity contribution < 1.29 is 9.90 Å². The fraction of sp³-hybridized carbons (Fsp3) is 0.200. The predicted octanol–water partition coefficient (Wildman–Crippen LogP) is 0.676. The van der Waals surface area contributed by atoms with Crippen LogP contribution in [0.25, 0.3) is 0 Å². The maximum absolute atomic E-state index is 10.7. The van der Waals surface area contributed by atoms with E-state index >= 15 is 0 Å². The van der Waals surface area contributed by atoms with Crippen molar-refractivity contribution in [3.63, 3.8) is 0 Å². The van der Waals surface area contributed by atoms with Crippen molar-refractivity contribution in [3.05, 3.63) is 34.9 Å². The zero-order chi connectivity index (χ0) is 11.4. The molecule has 0 unspecified atom stereocenters. The summed E-state index contributed by atoms with van der Waals surface area (Å²) in [6.45, 7) is 2.16. The number of rotatable bonds is 3. The van der Waals surface area contributed by atoms with Crippen LogP contribution >= 0.6 is 0 Å². The minimum atomic E-state index is -0.932. The molecule has 5 N–H and O–H groups in total. The molecule has 80 valence electrons. The van der Waals surface area contributed by atoms with Gasteiger partial charge in [-0.05, 0) is 24.1 Å². The van der Waals surface area contributed by atoms with Crippen molar-refractivity contribution in [3.8, 4) is 0 Å². The molecule has 0 saturated carbocycles. The normalized spacial score (nSPS) is 9.67. The third-order valence-electron chi connectivity index (χ3n) is 2.00.